The average Bonchev–Trinajstić information content (AvgIpc) is 3.19. The molecule has 0 amide bonds. The molecule has 5 rings (SSSR count). The van der Waals surface area contributed by atoms with E-state index in [4.69, 9.17) is 21.7 Å². The van der Waals surface area contributed by atoms with Crippen LogP contribution in [0.3, 0.4) is 0 Å². The second-order valence-corrected chi connectivity index (χ2v) is 7.02. The topological polar surface area (TPSA) is 30.2 Å². The molecule has 0 radical (unpaired) electrons. The van der Waals surface area contributed by atoms with Gasteiger partial charge in [0, 0.05) is 27.9 Å². The predicted molar refractivity (Wildman–Crippen MR) is 114 cm³/mol. The first-order chi connectivity index (χ1) is 13.8. The van der Waals surface area contributed by atoms with Crippen molar-refractivity contribution in [1.82, 2.24) is 14.6 Å². The SMILES string of the molecule is Clc1ccc(-c2nc3c(-c4ccccc4)cc(-c4ccccc4)cn3n2)cc1. The second-order valence-electron chi connectivity index (χ2n) is 6.58. The van der Waals surface area contributed by atoms with Gasteiger partial charge in [-0.2, -0.15) is 0 Å². The molecule has 0 unspecified atom stereocenters. The van der Waals surface area contributed by atoms with Crippen molar-refractivity contribution in [3.05, 3.63) is 102 Å². The first-order valence-corrected chi connectivity index (χ1v) is 9.43. The third-order valence-corrected chi connectivity index (χ3v) is 4.98. The van der Waals surface area contributed by atoms with Gasteiger partial charge in [-0.25, -0.2) is 9.50 Å². The minimum absolute atomic E-state index is 0.680. The second kappa shape index (κ2) is 6.95. The molecule has 0 N–H and O–H groups in total. The van der Waals surface area contributed by atoms with Crippen LogP contribution in [0.15, 0.2) is 97.2 Å². The zero-order chi connectivity index (χ0) is 18.9. The predicted octanol–water partition coefficient (Wildman–Crippen LogP) is 6.38. The van der Waals surface area contributed by atoms with Crippen molar-refractivity contribution in [1.29, 1.82) is 0 Å². The summed E-state index contributed by atoms with van der Waals surface area (Å²) in [4.78, 5) is 4.83. The molecule has 134 valence electrons. The number of hydrogen-bond donors (Lipinski definition) is 0. The van der Waals surface area contributed by atoms with E-state index in [1.807, 2.05) is 71.4 Å². The van der Waals surface area contributed by atoms with E-state index in [-0.39, 0.29) is 0 Å². The molecule has 5 aromatic rings. The van der Waals surface area contributed by atoms with Crippen LogP contribution < -0.4 is 0 Å². The van der Waals surface area contributed by atoms with E-state index >= 15 is 0 Å². The monoisotopic (exact) mass is 381 g/mol. The van der Waals surface area contributed by atoms with Crippen molar-refractivity contribution in [3.63, 3.8) is 0 Å². The fourth-order valence-electron chi connectivity index (χ4n) is 3.33. The molecule has 0 bridgehead atoms. The van der Waals surface area contributed by atoms with Crippen LogP contribution in [0.5, 0.6) is 0 Å². The molecule has 28 heavy (non-hydrogen) atoms. The van der Waals surface area contributed by atoms with E-state index < -0.39 is 0 Å². The zero-order valence-corrected chi connectivity index (χ0v) is 15.7. The van der Waals surface area contributed by atoms with Crippen molar-refractivity contribution in [3.8, 4) is 33.6 Å². The maximum Gasteiger partial charge on any atom is 0.182 e. The number of aromatic nitrogens is 3. The lowest BCUT2D eigenvalue weighted by atomic mass is 10.0. The standard InChI is InChI=1S/C24H16ClN3/c25-21-13-11-19(12-14-21)23-26-24-22(18-9-5-2-6-10-18)15-20(16-28(24)27-23)17-7-3-1-4-8-17/h1-16H. The van der Waals surface area contributed by atoms with Gasteiger partial charge in [0.2, 0.25) is 0 Å². The Morgan fingerprint density at radius 3 is 1.96 bits per heavy atom. The highest BCUT2D eigenvalue weighted by Gasteiger charge is 2.14. The van der Waals surface area contributed by atoms with Crippen LogP contribution in [0.25, 0.3) is 39.3 Å². The number of halogens is 1. The molecular formula is C24H16ClN3. The molecule has 0 saturated heterocycles. The highest BCUT2D eigenvalue weighted by molar-refractivity contribution is 6.30. The lowest BCUT2D eigenvalue weighted by Crippen LogP contribution is -1.93. The molecule has 4 heteroatoms. The molecule has 3 nitrogen and oxygen atoms in total. The third kappa shape index (κ3) is 3.06. The average molecular weight is 382 g/mol. The molecule has 0 fully saturated rings. The Kier molecular flexibility index (Phi) is 4.15. The quantitative estimate of drug-likeness (QED) is 0.362. The molecule has 0 spiro atoms. The van der Waals surface area contributed by atoms with Crippen LogP contribution in [0.1, 0.15) is 0 Å². The normalized spacial score (nSPS) is 11.0. The van der Waals surface area contributed by atoms with Crippen molar-refractivity contribution in [2.24, 2.45) is 0 Å². The highest BCUT2D eigenvalue weighted by Crippen LogP contribution is 2.31. The van der Waals surface area contributed by atoms with E-state index in [0.717, 1.165) is 33.5 Å². The van der Waals surface area contributed by atoms with Crippen molar-refractivity contribution in [2.75, 3.05) is 0 Å². The number of rotatable bonds is 3. The van der Waals surface area contributed by atoms with Gasteiger partial charge in [0.25, 0.3) is 0 Å². The van der Waals surface area contributed by atoms with E-state index in [0.29, 0.717) is 10.8 Å². The Hall–Kier alpha value is -3.43. The molecular weight excluding hydrogens is 366 g/mol. The molecule has 3 aromatic carbocycles. The smallest absolute Gasteiger partial charge is 0.182 e. The van der Waals surface area contributed by atoms with Crippen molar-refractivity contribution >= 4 is 17.2 Å². The maximum atomic E-state index is 6.03. The van der Waals surface area contributed by atoms with Gasteiger partial charge in [-0.15, -0.1) is 5.10 Å². The van der Waals surface area contributed by atoms with Crippen LogP contribution in [-0.4, -0.2) is 14.6 Å². The van der Waals surface area contributed by atoms with Gasteiger partial charge in [0.05, 0.1) is 0 Å². The van der Waals surface area contributed by atoms with Gasteiger partial charge in [-0.05, 0) is 41.5 Å². The van der Waals surface area contributed by atoms with E-state index in [9.17, 15) is 0 Å². The molecule has 0 aliphatic carbocycles. The van der Waals surface area contributed by atoms with Crippen LogP contribution in [-0.2, 0) is 0 Å². The summed E-state index contributed by atoms with van der Waals surface area (Å²) >= 11 is 6.03. The summed E-state index contributed by atoms with van der Waals surface area (Å²) in [5.74, 6) is 0.680. The fourth-order valence-corrected chi connectivity index (χ4v) is 3.45. The van der Waals surface area contributed by atoms with E-state index in [1.54, 1.807) is 0 Å². The lowest BCUT2D eigenvalue weighted by molar-refractivity contribution is 0.968. The number of pyridine rings is 1. The molecule has 2 aromatic heterocycles. The van der Waals surface area contributed by atoms with E-state index in [2.05, 4.69) is 30.3 Å². The van der Waals surface area contributed by atoms with Crippen LogP contribution >= 0.6 is 11.6 Å². The number of fused-ring (bicyclic) bond motifs is 1. The summed E-state index contributed by atoms with van der Waals surface area (Å²) in [6.45, 7) is 0. The summed E-state index contributed by atoms with van der Waals surface area (Å²) in [5, 5.41) is 5.45. The van der Waals surface area contributed by atoms with E-state index in [1.165, 1.54) is 0 Å². The first kappa shape index (κ1) is 16.7. The molecule has 0 atom stereocenters. The van der Waals surface area contributed by atoms with Gasteiger partial charge in [-0.3, -0.25) is 0 Å². The Morgan fingerprint density at radius 1 is 0.643 bits per heavy atom. The van der Waals surface area contributed by atoms with Crippen molar-refractivity contribution < 1.29 is 0 Å². The zero-order valence-electron chi connectivity index (χ0n) is 15.0. The Labute approximate surface area is 167 Å². The number of hydrogen-bond acceptors (Lipinski definition) is 2. The van der Waals surface area contributed by atoms with Crippen LogP contribution in [0.2, 0.25) is 5.02 Å². The largest absolute Gasteiger partial charge is 0.219 e. The number of benzene rings is 3. The molecule has 2 heterocycles. The van der Waals surface area contributed by atoms with Gasteiger partial charge in [-0.1, -0.05) is 72.3 Å². The summed E-state index contributed by atoms with van der Waals surface area (Å²) in [6, 6.07) is 30.4. The highest BCUT2D eigenvalue weighted by atomic mass is 35.5. The summed E-state index contributed by atoms with van der Waals surface area (Å²) < 4.78 is 1.87. The first-order valence-electron chi connectivity index (χ1n) is 9.05. The van der Waals surface area contributed by atoms with Gasteiger partial charge < -0.3 is 0 Å². The summed E-state index contributed by atoms with van der Waals surface area (Å²) in [7, 11) is 0. The third-order valence-electron chi connectivity index (χ3n) is 4.73. The minimum atomic E-state index is 0.680. The fraction of sp³-hybridized carbons (Fsp3) is 0. The van der Waals surface area contributed by atoms with Crippen LogP contribution in [0.4, 0.5) is 0 Å². The lowest BCUT2D eigenvalue weighted by Gasteiger charge is -2.08. The Morgan fingerprint density at radius 2 is 1.29 bits per heavy atom. The van der Waals surface area contributed by atoms with Crippen LogP contribution in [0, 0.1) is 0 Å². The molecule has 0 saturated carbocycles. The van der Waals surface area contributed by atoms with Gasteiger partial charge >= 0.3 is 0 Å². The van der Waals surface area contributed by atoms with Gasteiger partial charge in [0.1, 0.15) is 0 Å². The minimum Gasteiger partial charge on any atom is -0.219 e. The maximum absolute atomic E-state index is 6.03. The Bertz CT molecular complexity index is 1240. The number of nitrogens with zero attached hydrogens (tertiary/aromatic N) is 3. The Balaban J connectivity index is 1.75. The van der Waals surface area contributed by atoms with Crippen molar-refractivity contribution in [2.45, 2.75) is 0 Å². The summed E-state index contributed by atoms with van der Waals surface area (Å²) in [5.41, 5.74) is 6.17. The molecule has 0 aliphatic heterocycles. The van der Waals surface area contributed by atoms with Gasteiger partial charge in [0.15, 0.2) is 11.5 Å². The molecule has 0 aliphatic rings. The summed E-state index contributed by atoms with van der Waals surface area (Å²) in [6.07, 6.45) is 2.03.